The van der Waals surface area contributed by atoms with Gasteiger partial charge in [-0.3, -0.25) is 0 Å². The minimum atomic E-state index is -1.47. The van der Waals surface area contributed by atoms with Gasteiger partial charge in [0.2, 0.25) is 0 Å². The summed E-state index contributed by atoms with van der Waals surface area (Å²) in [6.45, 7) is 2.65. The number of aliphatic carboxylic acids is 1. The quantitative estimate of drug-likeness (QED) is 0.823. The summed E-state index contributed by atoms with van der Waals surface area (Å²) in [4.78, 5) is 23.8. The number of carboxylic acid groups (broad SMARTS) is 1. The summed E-state index contributed by atoms with van der Waals surface area (Å²) in [7, 11) is 1.26. The van der Waals surface area contributed by atoms with Gasteiger partial charge in [-0.25, -0.2) is 18.4 Å². The lowest BCUT2D eigenvalue weighted by molar-refractivity contribution is -0.146. The van der Waals surface area contributed by atoms with Crippen molar-refractivity contribution in [2.24, 2.45) is 0 Å². The summed E-state index contributed by atoms with van der Waals surface area (Å²) in [5.41, 5.74) is -1.73. The Hall–Kier alpha value is -1.70. The van der Waals surface area contributed by atoms with Crippen LogP contribution in [0.2, 0.25) is 0 Å². The fourth-order valence-corrected chi connectivity index (χ4v) is 1.56. The summed E-state index contributed by atoms with van der Waals surface area (Å²) in [6, 6.07) is 0.849. The second-order valence-electron chi connectivity index (χ2n) is 4.60. The average molecular weight is 351 g/mol. The van der Waals surface area contributed by atoms with Gasteiger partial charge in [-0.1, -0.05) is 0 Å². The highest BCUT2D eigenvalue weighted by atomic mass is 79.9. The van der Waals surface area contributed by atoms with E-state index in [9.17, 15) is 18.4 Å². The molecule has 0 atom stereocenters. The first-order valence-electron chi connectivity index (χ1n) is 5.50. The van der Waals surface area contributed by atoms with E-state index in [0.29, 0.717) is 6.07 Å². The molecule has 0 saturated carbocycles. The number of amides is 2. The van der Waals surface area contributed by atoms with Crippen molar-refractivity contribution in [2.45, 2.75) is 19.4 Å². The maximum absolute atomic E-state index is 13.5. The first-order chi connectivity index (χ1) is 9.07. The third kappa shape index (κ3) is 3.24. The molecular formula is C12H13BrF2N2O3. The molecule has 20 heavy (non-hydrogen) atoms. The molecule has 0 heterocycles. The van der Waals surface area contributed by atoms with Crippen molar-refractivity contribution >= 4 is 33.6 Å². The predicted octanol–water partition coefficient (Wildman–Crippen LogP) is 3.05. The zero-order chi connectivity index (χ0) is 15.7. The third-order valence-electron chi connectivity index (χ3n) is 2.92. The largest absolute Gasteiger partial charge is 0.480 e. The van der Waals surface area contributed by atoms with Crippen LogP contribution in [0.4, 0.5) is 19.3 Å². The molecule has 110 valence electrons. The maximum atomic E-state index is 13.5. The standard InChI is InChI=1S/C12H13BrF2N2O3/c1-12(2,10(18)19)17(3)11(20)16-9-4-6(13)7(14)5-8(9)15/h4-5H,1-3H3,(H,16,20)(H,18,19). The summed E-state index contributed by atoms with van der Waals surface area (Å²) in [5.74, 6) is -2.98. The van der Waals surface area contributed by atoms with Crippen LogP contribution >= 0.6 is 15.9 Å². The fraction of sp³-hybridized carbons (Fsp3) is 0.333. The summed E-state index contributed by atoms with van der Waals surface area (Å²) in [6.07, 6.45) is 0. The molecule has 1 aromatic carbocycles. The van der Waals surface area contributed by atoms with Gasteiger partial charge in [-0.05, 0) is 35.8 Å². The number of likely N-dealkylation sites (N-methyl/N-ethyl adjacent to an activating group) is 1. The van der Waals surface area contributed by atoms with E-state index in [2.05, 4.69) is 21.2 Å². The molecule has 2 N–H and O–H groups in total. The van der Waals surface area contributed by atoms with Crippen molar-refractivity contribution in [1.82, 2.24) is 4.90 Å². The van der Waals surface area contributed by atoms with E-state index in [1.54, 1.807) is 0 Å². The summed E-state index contributed by atoms with van der Waals surface area (Å²) < 4.78 is 26.5. The zero-order valence-electron chi connectivity index (χ0n) is 11.0. The Bertz CT molecular complexity index is 564. The molecule has 0 fully saturated rings. The van der Waals surface area contributed by atoms with Gasteiger partial charge < -0.3 is 15.3 Å². The van der Waals surface area contributed by atoms with E-state index >= 15 is 0 Å². The first-order valence-corrected chi connectivity index (χ1v) is 6.29. The van der Waals surface area contributed by atoms with E-state index in [4.69, 9.17) is 5.11 Å². The molecule has 2 amide bonds. The number of carbonyl (C=O) groups excluding carboxylic acids is 1. The fourth-order valence-electron chi connectivity index (χ4n) is 1.21. The normalized spacial score (nSPS) is 11.1. The molecule has 0 saturated heterocycles. The average Bonchev–Trinajstić information content (AvgIpc) is 2.34. The van der Waals surface area contributed by atoms with Crippen LogP contribution in [0.25, 0.3) is 0 Å². The van der Waals surface area contributed by atoms with Crippen LogP contribution in [0.5, 0.6) is 0 Å². The maximum Gasteiger partial charge on any atom is 0.329 e. The number of carboxylic acids is 1. The monoisotopic (exact) mass is 350 g/mol. The van der Waals surface area contributed by atoms with Crippen molar-refractivity contribution in [1.29, 1.82) is 0 Å². The number of nitrogens with zero attached hydrogens (tertiary/aromatic N) is 1. The van der Waals surface area contributed by atoms with Crippen LogP contribution in [0.15, 0.2) is 16.6 Å². The third-order valence-corrected chi connectivity index (χ3v) is 3.53. The van der Waals surface area contributed by atoms with Gasteiger partial charge in [0.15, 0.2) is 0 Å². The Morgan fingerprint density at radius 2 is 1.85 bits per heavy atom. The second kappa shape index (κ2) is 5.74. The molecule has 5 nitrogen and oxygen atoms in total. The predicted molar refractivity (Wildman–Crippen MR) is 72.6 cm³/mol. The highest BCUT2D eigenvalue weighted by Crippen LogP contribution is 2.24. The Morgan fingerprint density at radius 1 is 1.30 bits per heavy atom. The SMILES string of the molecule is CN(C(=O)Nc1cc(Br)c(F)cc1F)C(C)(C)C(=O)O. The Morgan fingerprint density at radius 3 is 2.35 bits per heavy atom. The van der Waals surface area contributed by atoms with Crippen LogP contribution in [0.3, 0.4) is 0 Å². The molecule has 0 bridgehead atoms. The summed E-state index contributed by atoms with van der Waals surface area (Å²) >= 11 is 2.87. The van der Waals surface area contributed by atoms with E-state index in [-0.39, 0.29) is 10.2 Å². The number of halogens is 3. The minimum absolute atomic E-state index is 0.0191. The van der Waals surface area contributed by atoms with Crippen LogP contribution in [0, 0.1) is 11.6 Å². The number of rotatable bonds is 3. The number of anilines is 1. The second-order valence-corrected chi connectivity index (χ2v) is 5.45. The van der Waals surface area contributed by atoms with Crippen LogP contribution in [0.1, 0.15) is 13.8 Å². The highest BCUT2D eigenvalue weighted by molar-refractivity contribution is 9.10. The van der Waals surface area contributed by atoms with Gasteiger partial charge >= 0.3 is 12.0 Å². The topological polar surface area (TPSA) is 69.6 Å². The lowest BCUT2D eigenvalue weighted by Crippen LogP contribution is -2.52. The van der Waals surface area contributed by atoms with Gasteiger partial charge in [-0.15, -0.1) is 0 Å². The molecule has 1 rings (SSSR count). The van der Waals surface area contributed by atoms with Crippen LogP contribution in [-0.2, 0) is 4.79 Å². The van der Waals surface area contributed by atoms with Crippen molar-refractivity contribution in [3.8, 4) is 0 Å². The Balaban J connectivity index is 2.97. The molecule has 0 spiro atoms. The van der Waals surface area contributed by atoms with Crippen molar-refractivity contribution in [3.05, 3.63) is 28.2 Å². The Kier molecular flexibility index (Phi) is 4.69. The molecule has 0 aliphatic carbocycles. The molecule has 0 aromatic heterocycles. The van der Waals surface area contributed by atoms with Crippen LogP contribution < -0.4 is 5.32 Å². The number of carbonyl (C=O) groups is 2. The number of benzene rings is 1. The van der Waals surface area contributed by atoms with Gasteiger partial charge in [0, 0.05) is 13.1 Å². The lowest BCUT2D eigenvalue weighted by atomic mass is 10.1. The van der Waals surface area contributed by atoms with E-state index in [1.165, 1.54) is 20.9 Å². The number of nitrogens with one attached hydrogen (secondary N) is 1. The molecular weight excluding hydrogens is 338 g/mol. The van der Waals surface area contributed by atoms with E-state index in [1.807, 2.05) is 0 Å². The Labute approximate surface area is 122 Å². The van der Waals surface area contributed by atoms with Crippen molar-refractivity contribution in [3.63, 3.8) is 0 Å². The molecule has 0 unspecified atom stereocenters. The molecule has 0 radical (unpaired) electrons. The van der Waals surface area contributed by atoms with Crippen LogP contribution in [-0.4, -0.2) is 34.6 Å². The highest BCUT2D eigenvalue weighted by Gasteiger charge is 2.35. The lowest BCUT2D eigenvalue weighted by Gasteiger charge is -2.31. The number of hydrogen-bond donors (Lipinski definition) is 2. The van der Waals surface area contributed by atoms with Crippen molar-refractivity contribution < 1.29 is 23.5 Å². The van der Waals surface area contributed by atoms with Gasteiger partial charge in [0.05, 0.1) is 10.2 Å². The number of hydrogen-bond acceptors (Lipinski definition) is 2. The van der Waals surface area contributed by atoms with Gasteiger partial charge in [0.25, 0.3) is 0 Å². The van der Waals surface area contributed by atoms with Crippen molar-refractivity contribution in [2.75, 3.05) is 12.4 Å². The molecule has 1 aromatic rings. The van der Waals surface area contributed by atoms with Gasteiger partial charge in [-0.2, -0.15) is 0 Å². The smallest absolute Gasteiger partial charge is 0.329 e. The van der Waals surface area contributed by atoms with Gasteiger partial charge in [0.1, 0.15) is 17.2 Å². The van der Waals surface area contributed by atoms with E-state index < -0.39 is 29.2 Å². The molecule has 0 aliphatic rings. The first kappa shape index (κ1) is 16.4. The molecule has 0 aliphatic heterocycles. The molecule has 8 heteroatoms. The number of urea groups is 1. The zero-order valence-corrected chi connectivity index (χ0v) is 12.6. The summed E-state index contributed by atoms with van der Waals surface area (Å²) in [5, 5.41) is 11.2. The van der Waals surface area contributed by atoms with E-state index in [0.717, 1.165) is 11.0 Å². The minimum Gasteiger partial charge on any atom is -0.480 e.